The first-order valence-corrected chi connectivity index (χ1v) is 10.6. The maximum absolute atomic E-state index is 5.63. The molecular weight excluding hydrogens is 370 g/mol. The van der Waals surface area contributed by atoms with Crippen LogP contribution in [0.4, 0.5) is 0 Å². The van der Waals surface area contributed by atoms with Crippen LogP contribution in [-0.2, 0) is 6.42 Å². The van der Waals surface area contributed by atoms with Gasteiger partial charge in [-0.25, -0.2) is 0 Å². The van der Waals surface area contributed by atoms with Gasteiger partial charge in [0.1, 0.15) is 0 Å². The molecule has 152 valence electrons. The molecule has 3 heteroatoms. The standard InChI is InChI=1S/C27H27NO2/c1-29-26-15-21-13-14-28-18-24(20-11-7-4-8-12-20)22(19-9-5-3-6-10-19)16-25(28)23(21)17-27(26)30-2/h3-12,15,17,25H,13-14,16,18H2,1-2H3. The first-order valence-electron chi connectivity index (χ1n) is 10.6. The third kappa shape index (κ3) is 3.29. The summed E-state index contributed by atoms with van der Waals surface area (Å²) >= 11 is 0. The molecule has 1 atom stereocenters. The molecule has 0 saturated carbocycles. The van der Waals surface area contributed by atoms with E-state index in [2.05, 4.69) is 77.7 Å². The lowest BCUT2D eigenvalue weighted by atomic mass is 9.80. The quantitative estimate of drug-likeness (QED) is 0.570. The Morgan fingerprint density at radius 3 is 2.00 bits per heavy atom. The van der Waals surface area contributed by atoms with Crippen molar-refractivity contribution in [2.24, 2.45) is 0 Å². The van der Waals surface area contributed by atoms with Gasteiger partial charge < -0.3 is 9.47 Å². The Labute approximate surface area is 178 Å². The topological polar surface area (TPSA) is 21.7 Å². The van der Waals surface area contributed by atoms with Gasteiger partial charge in [0.15, 0.2) is 11.5 Å². The van der Waals surface area contributed by atoms with Gasteiger partial charge in [-0.2, -0.15) is 0 Å². The monoisotopic (exact) mass is 397 g/mol. The Kier molecular flexibility index (Phi) is 5.06. The molecule has 0 bridgehead atoms. The van der Waals surface area contributed by atoms with E-state index in [1.165, 1.54) is 33.4 Å². The van der Waals surface area contributed by atoms with Crippen molar-refractivity contribution in [3.63, 3.8) is 0 Å². The van der Waals surface area contributed by atoms with Crippen molar-refractivity contribution >= 4 is 11.1 Å². The van der Waals surface area contributed by atoms with E-state index < -0.39 is 0 Å². The minimum absolute atomic E-state index is 0.358. The maximum atomic E-state index is 5.63. The fraction of sp³-hybridized carbons (Fsp3) is 0.259. The molecule has 2 aliphatic heterocycles. The number of hydrogen-bond donors (Lipinski definition) is 0. The van der Waals surface area contributed by atoms with E-state index in [4.69, 9.17) is 9.47 Å². The summed E-state index contributed by atoms with van der Waals surface area (Å²) in [6, 6.07) is 26.4. The van der Waals surface area contributed by atoms with Crippen molar-refractivity contribution in [1.29, 1.82) is 0 Å². The molecule has 0 N–H and O–H groups in total. The highest BCUT2D eigenvalue weighted by molar-refractivity contribution is 5.93. The Balaban J connectivity index is 1.63. The highest BCUT2D eigenvalue weighted by atomic mass is 16.5. The highest BCUT2D eigenvalue weighted by Gasteiger charge is 2.34. The molecule has 3 aromatic carbocycles. The summed E-state index contributed by atoms with van der Waals surface area (Å²) in [5, 5.41) is 0. The molecule has 0 spiro atoms. The third-order valence-corrected chi connectivity index (χ3v) is 6.48. The summed E-state index contributed by atoms with van der Waals surface area (Å²) in [5.74, 6) is 1.64. The lowest BCUT2D eigenvalue weighted by Gasteiger charge is -2.43. The van der Waals surface area contributed by atoms with Crippen molar-refractivity contribution < 1.29 is 9.47 Å². The van der Waals surface area contributed by atoms with Crippen LogP contribution in [0.5, 0.6) is 11.5 Å². The van der Waals surface area contributed by atoms with Crippen molar-refractivity contribution in [3.8, 4) is 11.5 Å². The van der Waals surface area contributed by atoms with E-state index in [1.807, 2.05) is 0 Å². The number of methoxy groups -OCH3 is 2. The number of rotatable bonds is 4. The van der Waals surface area contributed by atoms with Crippen LogP contribution in [0, 0.1) is 0 Å². The first-order chi connectivity index (χ1) is 14.8. The molecule has 30 heavy (non-hydrogen) atoms. The zero-order valence-corrected chi connectivity index (χ0v) is 17.6. The molecule has 0 radical (unpaired) electrons. The van der Waals surface area contributed by atoms with Gasteiger partial charge in [0, 0.05) is 19.1 Å². The smallest absolute Gasteiger partial charge is 0.161 e. The molecule has 0 aliphatic carbocycles. The normalized spacial score (nSPS) is 18.5. The average molecular weight is 398 g/mol. The molecule has 1 unspecified atom stereocenters. The fourth-order valence-corrected chi connectivity index (χ4v) is 4.96. The molecule has 3 aromatic rings. The van der Waals surface area contributed by atoms with Gasteiger partial charge in [-0.15, -0.1) is 0 Å². The van der Waals surface area contributed by atoms with Crippen LogP contribution in [-0.4, -0.2) is 32.2 Å². The van der Waals surface area contributed by atoms with Crippen LogP contribution >= 0.6 is 0 Å². The van der Waals surface area contributed by atoms with Crippen molar-refractivity contribution in [2.75, 3.05) is 27.3 Å². The Morgan fingerprint density at radius 2 is 1.37 bits per heavy atom. The van der Waals surface area contributed by atoms with Crippen molar-refractivity contribution in [2.45, 2.75) is 18.9 Å². The molecule has 2 heterocycles. The SMILES string of the molecule is COc1cc2c(cc1OC)C1CC(c3ccccc3)=C(c3ccccc3)CN1CC2. The van der Waals surface area contributed by atoms with E-state index in [0.29, 0.717) is 6.04 Å². The Hall–Kier alpha value is -3.04. The fourth-order valence-electron chi connectivity index (χ4n) is 4.96. The van der Waals surface area contributed by atoms with Gasteiger partial charge >= 0.3 is 0 Å². The zero-order valence-electron chi connectivity index (χ0n) is 17.6. The Morgan fingerprint density at radius 1 is 0.767 bits per heavy atom. The van der Waals surface area contributed by atoms with Crippen LogP contribution in [0.25, 0.3) is 11.1 Å². The van der Waals surface area contributed by atoms with Gasteiger partial charge in [-0.05, 0) is 58.4 Å². The first kappa shape index (κ1) is 19.0. The van der Waals surface area contributed by atoms with Crippen molar-refractivity contribution in [1.82, 2.24) is 4.90 Å². The van der Waals surface area contributed by atoms with Gasteiger partial charge in [0.2, 0.25) is 0 Å². The molecule has 0 aromatic heterocycles. The van der Waals surface area contributed by atoms with E-state index >= 15 is 0 Å². The van der Waals surface area contributed by atoms with E-state index in [9.17, 15) is 0 Å². The summed E-state index contributed by atoms with van der Waals surface area (Å²) in [5.41, 5.74) is 8.30. The van der Waals surface area contributed by atoms with Crippen molar-refractivity contribution in [3.05, 3.63) is 95.1 Å². The number of fused-ring (bicyclic) bond motifs is 3. The van der Waals surface area contributed by atoms with Crippen LogP contribution in [0.1, 0.15) is 34.7 Å². The average Bonchev–Trinajstić information content (AvgIpc) is 2.83. The highest BCUT2D eigenvalue weighted by Crippen LogP contribution is 2.46. The van der Waals surface area contributed by atoms with Gasteiger partial charge in [-0.1, -0.05) is 60.7 Å². The summed E-state index contributed by atoms with van der Waals surface area (Å²) in [6.45, 7) is 2.03. The van der Waals surface area contributed by atoms with Gasteiger partial charge in [0.25, 0.3) is 0 Å². The second kappa shape index (κ2) is 8.00. The second-order valence-electron chi connectivity index (χ2n) is 8.04. The third-order valence-electron chi connectivity index (χ3n) is 6.48. The van der Waals surface area contributed by atoms with Crippen LogP contribution in [0.3, 0.4) is 0 Å². The Bertz CT molecular complexity index is 1070. The van der Waals surface area contributed by atoms with Gasteiger partial charge in [-0.3, -0.25) is 4.90 Å². The molecule has 2 aliphatic rings. The molecule has 0 saturated heterocycles. The molecular formula is C27H27NO2. The van der Waals surface area contributed by atoms with E-state index in [0.717, 1.165) is 37.4 Å². The zero-order chi connectivity index (χ0) is 20.5. The number of ether oxygens (including phenoxy) is 2. The molecule has 3 nitrogen and oxygen atoms in total. The minimum Gasteiger partial charge on any atom is -0.493 e. The lowest BCUT2D eigenvalue weighted by molar-refractivity contribution is 0.205. The summed E-state index contributed by atoms with van der Waals surface area (Å²) in [7, 11) is 3.43. The van der Waals surface area contributed by atoms with Crippen LogP contribution in [0.15, 0.2) is 72.8 Å². The largest absolute Gasteiger partial charge is 0.493 e. The molecule has 5 rings (SSSR count). The van der Waals surface area contributed by atoms with E-state index in [-0.39, 0.29) is 0 Å². The minimum atomic E-state index is 0.358. The summed E-state index contributed by atoms with van der Waals surface area (Å²) in [6.07, 6.45) is 2.03. The summed E-state index contributed by atoms with van der Waals surface area (Å²) < 4.78 is 11.2. The van der Waals surface area contributed by atoms with Gasteiger partial charge in [0.05, 0.1) is 14.2 Å². The summed E-state index contributed by atoms with van der Waals surface area (Å²) in [4.78, 5) is 2.63. The predicted molar refractivity (Wildman–Crippen MR) is 122 cm³/mol. The second-order valence-corrected chi connectivity index (χ2v) is 8.04. The number of hydrogen-bond acceptors (Lipinski definition) is 3. The van der Waals surface area contributed by atoms with Crippen LogP contribution in [0.2, 0.25) is 0 Å². The van der Waals surface area contributed by atoms with Crippen LogP contribution < -0.4 is 9.47 Å². The predicted octanol–water partition coefficient (Wildman–Crippen LogP) is 5.62. The molecule has 0 amide bonds. The molecule has 0 fully saturated rings. The lowest BCUT2D eigenvalue weighted by Crippen LogP contribution is -2.39. The van der Waals surface area contributed by atoms with E-state index in [1.54, 1.807) is 14.2 Å². The maximum Gasteiger partial charge on any atom is 0.161 e. The number of benzene rings is 3. The number of nitrogens with zero attached hydrogens (tertiary/aromatic N) is 1.